The van der Waals surface area contributed by atoms with Crippen LogP contribution in [0.2, 0.25) is 0 Å². The van der Waals surface area contributed by atoms with Gasteiger partial charge in [-0.1, -0.05) is 24.3 Å². The fourth-order valence-electron chi connectivity index (χ4n) is 2.29. The Morgan fingerprint density at radius 1 is 1.12 bits per heavy atom. The molecule has 2 N–H and O–H groups in total. The van der Waals surface area contributed by atoms with E-state index in [1.807, 2.05) is 61.5 Å². The van der Waals surface area contributed by atoms with E-state index in [1.54, 1.807) is 0 Å². The molecule has 0 saturated heterocycles. The van der Waals surface area contributed by atoms with Crippen molar-refractivity contribution in [3.05, 3.63) is 66.7 Å². The molecule has 4 nitrogen and oxygen atoms in total. The number of rotatable bonds is 10. The summed E-state index contributed by atoms with van der Waals surface area (Å²) in [6, 6.07) is 15.5. The Bertz CT molecular complexity index is 625. The van der Waals surface area contributed by atoms with Crippen LogP contribution in [0, 0.1) is 0 Å². The molecule has 2 aromatic rings. The number of ether oxygens (including phenoxy) is 2. The molecule has 1 atom stereocenters. The van der Waals surface area contributed by atoms with E-state index in [1.165, 1.54) is 0 Å². The molecule has 0 aliphatic rings. The van der Waals surface area contributed by atoms with Gasteiger partial charge in [0.25, 0.3) is 0 Å². The van der Waals surface area contributed by atoms with Crippen molar-refractivity contribution in [1.82, 2.24) is 0 Å². The second kappa shape index (κ2) is 9.63. The van der Waals surface area contributed by atoms with E-state index in [-0.39, 0.29) is 6.61 Å². The van der Waals surface area contributed by atoms with Crippen LogP contribution in [0.15, 0.2) is 61.2 Å². The molecule has 0 bridgehead atoms. The van der Waals surface area contributed by atoms with Crippen LogP contribution in [0.5, 0.6) is 11.5 Å². The molecular formula is C20H25NO3. The average Bonchev–Trinajstić information content (AvgIpc) is 2.61. The highest BCUT2D eigenvalue weighted by Crippen LogP contribution is 2.19. The molecule has 0 aliphatic carbocycles. The Labute approximate surface area is 143 Å². The van der Waals surface area contributed by atoms with Crippen LogP contribution in [0.1, 0.15) is 12.5 Å². The fraction of sp³-hybridized carbons (Fsp3) is 0.300. The zero-order valence-electron chi connectivity index (χ0n) is 14.1. The summed E-state index contributed by atoms with van der Waals surface area (Å²) in [7, 11) is 0. The van der Waals surface area contributed by atoms with E-state index in [0.29, 0.717) is 13.2 Å². The van der Waals surface area contributed by atoms with Crippen LogP contribution in [-0.4, -0.2) is 31.0 Å². The van der Waals surface area contributed by atoms with Gasteiger partial charge in [-0.25, -0.2) is 0 Å². The number of benzene rings is 2. The summed E-state index contributed by atoms with van der Waals surface area (Å²) in [4.78, 5) is 0. The van der Waals surface area contributed by atoms with Crippen LogP contribution in [-0.2, 0) is 6.42 Å². The summed E-state index contributed by atoms with van der Waals surface area (Å²) in [5, 5.41) is 13.3. The minimum absolute atomic E-state index is 0.234. The number of nitrogens with one attached hydrogen (secondary N) is 1. The smallest absolute Gasteiger partial charge is 0.122 e. The number of hydrogen-bond acceptors (Lipinski definition) is 4. The summed E-state index contributed by atoms with van der Waals surface area (Å²) in [6.07, 6.45) is 1.98. The number of hydrogen-bond donors (Lipinski definition) is 2. The maximum Gasteiger partial charge on any atom is 0.122 e. The Kier molecular flexibility index (Phi) is 7.18. The van der Waals surface area contributed by atoms with Crippen molar-refractivity contribution < 1.29 is 14.6 Å². The second-order valence-electron chi connectivity index (χ2n) is 5.40. The second-order valence-corrected chi connectivity index (χ2v) is 5.40. The molecule has 0 heterocycles. The van der Waals surface area contributed by atoms with Crippen molar-refractivity contribution in [3.8, 4) is 11.5 Å². The van der Waals surface area contributed by atoms with Gasteiger partial charge in [-0.2, -0.15) is 0 Å². The highest BCUT2D eigenvalue weighted by molar-refractivity contribution is 5.46. The van der Waals surface area contributed by atoms with Gasteiger partial charge >= 0.3 is 0 Å². The molecule has 1 unspecified atom stereocenters. The molecule has 128 valence electrons. The molecule has 0 saturated carbocycles. The first kappa shape index (κ1) is 17.9. The first-order valence-corrected chi connectivity index (χ1v) is 8.19. The largest absolute Gasteiger partial charge is 0.494 e. The molecule has 24 heavy (non-hydrogen) atoms. The Balaban J connectivity index is 1.79. The summed E-state index contributed by atoms with van der Waals surface area (Å²) in [5.41, 5.74) is 2.00. The summed E-state index contributed by atoms with van der Waals surface area (Å²) in [6.45, 7) is 7.00. The van der Waals surface area contributed by atoms with Crippen LogP contribution in [0.3, 0.4) is 0 Å². The lowest BCUT2D eigenvalue weighted by atomic mass is 10.1. The number of allylic oxidation sites excluding steroid dienone is 1. The lowest BCUT2D eigenvalue weighted by molar-refractivity contribution is 0.117. The summed E-state index contributed by atoms with van der Waals surface area (Å²) < 4.78 is 11.1. The minimum Gasteiger partial charge on any atom is -0.494 e. The first-order chi connectivity index (χ1) is 11.7. The lowest BCUT2D eigenvalue weighted by Gasteiger charge is -2.16. The molecule has 0 amide bonds. The normalized spacial score (nSPS) is 11.6. The van der Waals surface area contributed by atoms with Gasteiger partial charge in [0.1, 0.15) is 24.2 Å². The Morgan fingerprint density at radius 2 is 1.88 bits per heavy atom. The topological polar surface area (TPSA) is 50.7 Å². The molecule has 2 aromatic carbocycles. The highest BCUT2D eigenvalue weighted by Gasteiger charge is 2.07. The first-order valence-electron chi connectivity index (χ1n) is 8.19. The van der Waals surface area contributed by atoms with Gasteiger partial charge in [-0.3, -0.25) is 0 Å². The maximum absolute atomic E-state index is 10.1. The maximum atomic E-state index is 10.1. The highest BCUT2D eigenvalue weighted by atomic mass is 16.5. The molecule has 0 fully saturated rings. The standard InChI is InChI=1S/C20H25NO3/c1-3-7-16-8-5-6-9-20(16)24-15-18(22)14-21-17-10-12-19(13-11-17)23-4-2/h3,5-6,8-13,18,21-22H,1,4,7,14-15H2,2H3. The number of aliphatic hydroxyl groups is 1. The number of aliphatic hydroxyl groups excluding tert-OH is 1. The Hall–Kier alpha value is -2.46. The predicted octanol–water partition coefficient (Wildman–Crippen LogP) is 3.67. The monoisotopic (exact) mass is 327 g/mol. The third kappa shape index (κ3) is 5.63. The van der Waals surface area contributed by atoms with Crippen molar-refractivity contribution in [2.45, 2.75) is 19.4 Å². The van der Waals surface area contributed by atoms with E-state index < -0.39 is 6.10 Å². The zero-order valence-corrected chi connectivity index (χ0v) is 14.1. The third-order valence-corrected chi connectivity index (χ3v) is 3.48. The van der Waals surface area contributed by atoms with Gasteiger partial charge in [0, 0.05) is 12.2 Å². The van der Waals surface area contributed by atoms with Crippen molar-refractivity contribution in [3.63, 3.8) is 0 Å². The predicted molar refractivity (Wildman–Crippen MR) is 97.9 cm³/mol. The van der Waals surface area contributed by atoms with E-state index in [0.717, 1.165) is 29.2 Å². The Morgan fingerprint density at radius 3 is 2.58 bits per heavy atom. The zero-order chi connectivity index (χ0) is 17.2. The molecule has 0 radical (unpaired) electrons. The van der Waals surface area contributed by atoms with E-state index >= 15 is 0 Å². The summed E-state index contributed by atoms with van der Waals surface area (Å²) >= 11 is 0. The van der Waals surface area contributed by atoms with E-state index in [9.17, 15) is 5.11 Å². The van der Waals surface area contributed by atoms with Gasteiger partial charge < -0.3 is 19.9 Å². The average molecular weight is 327 g/mol. The SMILES string of the molecule is C=CCc1ccccc1OCC(O)CNc1ccc(OCC)cc1. The van der Waals surface area contributed by atoms with Crippen LogP contribution >= 0.6 is 0 Å². The summed E-state index contributed by atoms with van der Waals surface area (Å²) in [5.74, 6) is 1.63. The molecular weight excluding hydrogens is 302 g/mol. The molecule has 0 aliphatic heterocycles. The van der Waals surface area contributed by atoms with Crippen LogP contribution < -0.4 is 14.8 Å². The molecule has 4 heteroatoms. The lowest BCUT2D eigenvalue weighted by Crippen LogP contribution is -2.26. The van der Waals surface area contributed by atoms with Crippen LogP contribution in [0.25, 0.3) is 0 Å². The molecule has 0 spiro atoms. The number of para-hydroxylation sites is 1. The van der Waals surface area contributed by atoms with E-state index in [4.69, 9.17) is 9.47 Å². The van der Waals surface area contributed by atoms with Crippen molar-refractivity contribution in [2.75, 3.05) is 25.1 Å². The molecule has 0 aromatic heterocycles. The van der Waals surface area contributed by atoms with E-state index in [2.05, 4.69) is 11.9 Å². The van der Waals surface area contributed by atoms with Gasteiger partial charge in [0.15, 0.2) is 0 Å². The fourth-order valence-corrected chi connectivity index (χ4v) is 2.29. The van der Waals surface area contributed by atoms with Crippen LogP contribution in [0.4, 0.5) is 5.69 Å². The van der Waals surface area contributed by atoms with Gasteiger partial charge in [-0.15, -0.1) is 6.58 Å². The van der Waals surface area contributed by atoms with Crippen molar-refractivity contribution in [2.24, 2.45) is 0 Å². The molecule has 2 rings (SSSR count). The minimum atomic E-state index is -0.603. The van der Waals surface area contributed by atoms with Gasteiger partial charge in [-0.05, 0) is 49.2 Å². The van der Waals surface area contributed by atoms with Gasteiger partial charge in [0.2, 0.25) is 0 Å². The van der Waals surface area contributed by atoms with Gasteiger partial charge in [0.05, 0.1) is 6.61 Å². The van der Waals surface area contributed by atoms with Crippen molar-refractivity contribution in [1.29, 1.82) is 0 Å². The van der Waals surface area contributed by atoms with Crippen molar-refractivity contribution >= 4 is 5.69 Å². The third-order valence-electron chi connectivity index (χ3n) is 3.48. The quantitative estimate of drug-likeness (QED) is 0.654. The number of anilines is 1.